The lowest BCUT2D eigenvalue weighted by atomic mass is 10.3. The molecular formula is C7H18O7S. The van der Waals surface area contributed by atoms with Crippen LogP contribution in [0.5, 0.6) is 0 Å². The van der Waals surface area contributed by atoms with Crippen LogP contribution in [-0.2, 0) is 14.9 Å². The largest absolute Gasteiger partial charge is 0.481 e. The van der Waals surface area contributed by atoms with Crippen LogP contribution in [0.1, 0.15) is 19.8 Å². The highest BCUT2D eigenvalue weighted by molar-refractivity contribution is 7.85. The number of unbranched alkanes of at least 4 members (excludes halogenated alkanes) is 1. The van der Waals surface area contributed by atoms with Gasteiger partial charge in [-0.3, -0.25) is 9.35 Å². The van der Waals surface area contributed by atoms with Gasteiger partial charge in [-0.1, -0.05) is 0 Å². The Morgan fingerprint density at radius 1 is 1.13 bits per heavy atom. The van der Waals surface area contributed by atoms with Gasteiger partial charge in [-0.05, 0) is 12.8 Å². The van der Waals surface area contributed by atoms with Crippen LogP contribution in [-0.4, -0.2) is 53.7 Å². The molecule has 7 nitrogen and oxygen atoms in total. The van der Waals surface area contributed by atoms with Crippen LogP contribution < -0.4 is 0 Å². The van der Waals surface area contributed by atoms with E-state index in [-0.39, 0.29) is 13.2 Å². The van der Waals surface area contributed by atoms with Crippen LogP contribution in [0.25, 0.3) is 0 Å². The fourth-order valence-electron chi connectivity index (χ4n) is 0.224. The summed E-state index contributed by atoms with van der Waals surface area (Å²) in [4.78, 5) is 9.00. The molecule has 4 N–H and O–H groups in total. The predicted molar refractivity (Wildman–Crippen MR) is 54.2 cm³/mol. The maximum Gasteiger partial charge on any atom is 0.300 e. The van der Waals surface area contributed by atoms with Crippen molar-refractivity contribution in [2.24, 2.45) is 0 Å². The Balaban J connectivity index is -0.000000147. The van der Waals surface area contributed by atoms with Crippen molar-refractivity contribution in [3.63, 3.8) is 0 Å². The summed E-state index contributed by atoms with van der Waals surface area (Å²) in [6, 6.07) is 0. The Morgan fingerprint density at radius 2 is 1.27 bits per heavy atom. The molecule has 0 aromatic rings. The monoisotopic (exact) mass is 246 g/mol. The van der Waals surface area contributed by atoms with E-state index in [0.717, 1.165) is 19.8 Å². The van der Waals surface area contributed by atoms with E-state index in [2.05, 4.69) is 0 Å². The van der Waals surface area contributed by atoms with Gasteiger partial charge in [-0.2, -0.15) is 8.42 Å². The van der Waals surface area contributed by atoms with Crippen LogP contribution in [0, 0.1) is 0 Å². The maximum absolute atomic E-state index is 9.19. The fraction of sp³-hybridized carbons (Fsp3) is 0.857. The molecule has 0 aromatic heterocycles. The minimum absolute atomic E-state index is 0.195. The van der Waals surface area contributed by atoms with Crippen molar-refractivity contribution >= 4 is 16.1 Å². The molecule has 0 rings (SSSR count). The van der Waals surface area contributed by atoms with Crippen LogP contribution in [0.4, 0.5) is 0 Å². The van der Waals surface area contributed by atoms with E-state index in [4.69, 9.17) is 24.7 Å². The van der Waals surface area contributed by atoms with Crippen molar-refractivity contribution in [3.05, 3.63) is 0 Å². The summed E-state index contributed by atoms with van der Waals surface area (Å²) < 4.78 is 25.9. The molecule has 8 heteroatoms. The van der Waals surface area contributed by atoms with Crippen molar-refractivity contribution in [1.29, 1.82) is 0 Å². The smallest absolute Gasteiger partial charge is 0.300 e. The van der Waals surface area contributed by atoms with E-state index < -0.39 is 16.1 Å². The minimum Gasteiger partial charge on any atom is -0.481 e. The lowest BCUT2D eigenvalue weighted by Crippen LogP contribution is -1.88. The van der Waals surface area contributed by atoms with Crippen LogP contribution in [0.15, 0.2) is 0 Å². The second kappa shape index (κ2) is 13.3. The molecule has 0 heterocycles. The first kappa shape index (κ1) is 19.8. The third-order valence-electron chi connectivity index (χ3n) is 0.566. The lowest BCUT2D eigenvalue weighted by Gasteiger charge is -1.85. The predicted octanol–water partition coefficient (Wildman–Crippen LogP) is -0.654. The topological polar surface area (TPSA) is 132 Å². The highest BCUT2D eigenvalue weighted by Crippen LogP contribution is 1.80. The molecule has 0 saturated carbocycles. The summed E-state index contributed by atoms with van der Waals surface area (Å²) >= 11 is 0. The van der Waals surface area contributed by atoms with Gasteiger partial charge in [0.05, 0.1) is 6.26 Å². The van der Waals surface area contributed by atoms with Crippen LogP contribution >= 0.6 is 0 Å². The van der Waals surface area contributed by atoms with Gasteiger partial charge in [0.25, 0.3) is 16.1 Å². The van der Waals surface area contributed by atoms with Gasteiger partial charge in [0, 0.05) is 20.1 Å². The molecule has 0 saturated heterocycles. The molecule has 15 heavy (non-hydrogen) atoms. The zero-order chi connectivity index (χ0) is 12.9. The highest BCUT2D eigenvalue weighted by Gasteiger charge is 1.81. The number of aliphatic carboxylic acids is 1. The second-order valence-corrected chi connectivity index (χ2v) is 3.87. The first-order valence-corrected chi connectivity index (χ1v) is 5.83. The Labute approximate surface area is 89.1 Å². The molecule has 94 valence electrons. The van der Waals surface area contributed by atoms with Crippen molar-refractivity contribution in [3.8, 4) is 0 Å². The van der Waals surface area contributed by atoms with Gasteiger partial charge < -0.3 is 15.3 Å². The third kappa shape index (κ3) is 321. The number of aliphatic hydroxyl groups is 2. The number of carbonyl (C=O) groups is 1. The number of rotatable bonds is 3. The maximum atomic E-state index is 9.19. The van der Waals surface area contributed by atoms with E-state index in [0.29, 0.717) is 6.26 Å². The average molecular weight is 246 g/mol. The van der Waals surface area contributed by atoms with Crippen molar-refractivity contribution in [1.82, 2.24) is 0 Å². The summed E-state index contributed by atoms with van der Waals surface area (Å²) in [7, 11) is -3.67. The average Bonchev–Trinajstić information content (AvgIpc) is 1.96. The second-order valence-electron chi connectivity index (χ2n) is 2.41. The molecule has 0 bridgehead atoms. The zero-order valence-corrected chi connectivity index (χ0v) is 9.57. The quantitative estimate of drug-likeness (QED) is 0.384. The Hall–Kier alpha value is -0.700. The lowest BCUT2D eigenvalue weighted by molar-refractivity contribution is -0.134. The van der Waals surface area contributed by atoms with E-state index in [1.165, 1.54) is 0 Å². The molecule has 0 fully saturated rings. The highest BCUT2D eigenvalue weighted by atomic mass is 32.2. The SMILES string of the molecule is CC(=O)O.CS(=O)(=O)O.OCCCCO. The molecule has 0 amide bonds. The molecule has 0 aliphatic heterocycles. The zero-order valence-electron chi connectivity index (χ0n) is 8.75. The molecule has 0 unspecified atom stereocenters. The fourth-order valence-corrected chi connectivity index (χ4v) is 0.224. The van der Waals surface area contributed by atoms with Crippen LogP contribution in [0.3, 0.4) is 0 Å². The number of hydrogen-bond acceptors (Lipinski definition) is 5. The Bertz CT molecular complexity index is 205. The molecule has 0 aliphatic rings. The third-order valence-corrected chi connectivity index (χ3v) is 0.566. The molecule has 0 spiro atoms. The Kier molecular flexibility index (Phi) is 17.6. The van der Waals surface area contributed by atoms with Gasteiger partial charge in [0.15, 0.2) is 0 Å². The molecule has 0 atom stereocenters. The molecular weight excluding hydrogens is 228 g/mol. The van der Waals surface area contributed by atoms with E-state index >= 15 is 0 Å². The van der Waals surface area contributed by atoms with Crippen molar-refractivity contribution in [2.45, 2.75) is 19.8 Å². The van der Waals surface area contributed by atoms with E-state index in [1.54, 1.807) is 0 Å². The summed E-state index contributed by atoms with van der Waals surface area (Å²) in [5, 5.41) is 23.6. The van der Waals surface area contributed by atoms with Gasteiger partial charge in [0.1, 0.15) is 0 Å². The first-order chi connectivity index (χ1) is 6.65. The number of carboxylic acids is 1. The van der Waals surface area contributed by atoms with Gasteiger partial charge in [0.2, 0.25) is 0 Å². The van der Waals surface area contributed by atoms with E-state index in [1.807, 2.05) is 0 Å². The van der Waals surface area contributed by atoms with Crippen molar-refractivity contribution < 1.29 is 33.1 Å². The minimum atomic E-state index is -3.67. The summed E-state index contributed by atoms with van der Waals surface area (Å²) in [6.07, 6.45) is 2.15. The van der Waals surface area contributed by atoms with Gasteiger partial charge in [-0.15, -0.1) is 0 Å². The number of carboxylic acid groups (broad SMARTS) is 1. The van der Waals surface area contributed by atoms with Gasteiger partial charge in [-0.25, -0.2) is 0 Å². The molecule has 0 aliphatic carbocycles. The summed E-state index contributed by atoms with van der Waals surface area (Å²) in [5.41, 5.74) is 0. The standard InChI is InChI=1S/C4H10O2.C2H4O2.CH4O3S/c5-3-1-2-4-6;1-2(3)4;1-5(2,3)4/h5-6H,1-4H2;1H3,(H,3,4);1H3,(H,2,3,4). The Morgan fingerprint density at radius 3 is 1.33 bits per heavy atom. The van der Waals surface area contributed by atoms with Gasteiger partial charge >= 0.3 is 0 Å². The first-order valence-electron chi connectivity index (χ1n) is 3.98. The molecule has 0 radical (unpaired) electrons. The molecule has 0 aromatic carbocycles. The number of hydrogen-bond donors (Lipinski definition) is 4. The van der Waals surface area contributed by atoms with E-state index in [9.17, 15) is 8.42 Å². The number of aliphatic hydroxyl groups excluding tert-OH is 2. The summed E-state index contributed by atoms with van der Waals surface area (Å²) in [6.45, 7) is 1.47. The normalized spacial score (nSPS) is 9.13. The summed E-state index contributed by atoms with van der Waals surface area (Å²) in [5.74, 6) is -0.833. The van der Waals surface area contributed by atoms with Crippen molar-refractivity contribution in [2.75, 3.05) is 19.5 Å². The van der Waals surface area contributed by atoms with Crippen LogP contribution in [0.2, 0.25) is 0 Å².